The molecule has 3 atom stereocenters. The lowest BCUT2D eigenvalue weighted by Crippen LogP contribution is -2.52. The molecule has 1 saturated heterocycles. The van der Waals surface area contributed by atoms with Gasteiger partial charge in [0, 0.05) is 25.9 Å². The largest absolute Gasteiger partial charge is 0.356 e. The number of para-hydroxylation sites is 1. The number of rotatable bonds is 9. The molecule has 0 bridgehead atoms. The van der Waals surface area contributed by atoms with Crippen LogP contribution in [-0.2, 0) is 14.4 Å². The highest BCUT2D eigenvalue weighted by Gasteiger charge is 2.32. The van der Waals surface area contributed by atoms with Crippen LogP contribution < -0.4 is 16.0 Å². The van der Waals surface area contributed by atoms with Crippen LogP contribution in [0.15, 0.2) is 24.3 Å². The van der Waals surface area contributed by atoms with Crippen LogP contribution in [0.4, 0.5) is 0 Å². The third-order valence-electron chi connectivity index (χ3n) is 5.48. The minimum absolute atomic E-state index is 0.101. The van der Waals surface area contributed by atoms with Crippen LogP contribution in [0, 0.1) is 5.92 Å². The minimum Gasteiger partial charge on any atom is -0.356 e. The Morgan fingerprint density at radius 3 is 2.62 bits per heavy atom. The normalized spacial score (nSPS) is 18.1. The summed E-state index contributed by atoms with van der Waals surface area (Å²) in [5, 5.41) is 9.57. The number of aromatic amines is 1. The number of aromatic nitrogens is 1. The molecule has 1 aliphatic rings. The van der Waals surface area contributed by atoms with E-state index in [0.717, 1.165) is 5.39 Å². The molecular formula is C22H29ClN4O4Si. The van der Waals surface area contributed by atoms with Crippen LogP contribution in [0.5, 0.6) is 0 Å². The first-order chi connectivity index (χ1) is 15.1. The van der Waals surface area contributed by atoms with Gasteiger partial charge in [0.05, 0.1) is 16.6 Å². The SMILES string of the molecule is C[Si](C)(C)C[C@H](NC(=O)c1cc2cccc(Cl)c2[nH]1)C(=O)N[C@H](C=O)CC1CCNC1=O. The van der Waals surface area contributed by atoms with Crippen molar-refractivity contribution in [3.63, 3.8) is 0 Å². The Morgan fingerprint density at radius 2 is 2.03 bits per heavy atom. The lowest BCUT2D eigenvalue weighted by molar-refractivity contribution is -0.127. The summed E-state index contributed by atoms with van der Waals surface area (Å²) >= 11 is 6.19. The molecule has 10 heteroatoms. The Morgan fingerprint density at radius 1 is 1.28 bits per heavy atom. The van der Waals surface area contributed by atoms with Crippen molar-refractivity contribution in [2.45, 2.75) is 50.6 Å². The van der Waals surface area contributed by atoms with E-state index in [-0.39, 0.29) is 18.2 Å². The highest BCUT2D eigenvalue weighted by molar-refractivity contribution is 6.76. The van der Waals surface area contributed by atoms with Crippen LogP contribution in [0.2, 0.25) is 30.7 Å². The van der Waals surface area contributed by atoms with E-state index in [4.69, 9.17) is 11.6 Å². The number of H-pyrrole nitrogens is 1. The number of fused-ring (bicyclic) bond motifs is 1. The van der Waals surface area contributed by atoms with Crippen LogP contribution in [-0.4, -0.2) is 55.7 Å². The molecule has 0 aliphatic carbocycles. The Balaban J connectivity index is 1.73. The molecule has 4 N–H and O–H groups in total. The first-order valence-corrected chi connectivity index (χ1v) is 14.8. The number of nitrogens with one attached hydrogen (secondary N) is 4. The zero-order chi connectivity index (χ0) is 23.5. The van der Waals surface area contributed by atoms with Crippen molar-refractivity contribution >= 4 is 54.6 Å². The lowest BCUT2D eigenvalue weighted by atomic mass is 9.99. The molecule has 0 spiro atoms. The molecule has 3 amide bonds. The second kappa shape index (κ2) is 9.87. The Bertz CT molecular complexity index is 1030. The second-order valence-corrected chi connectivity index (χ2v) is 15.4. The molecule has 8 nitrogen and oxygen atoms in total. The summed E-state index contributed by atoms with van der Waals surface area (Å²) < 4.78 is 0. The van der Waals surface area contributed by atoms with E-state index in [1.165, 1.54) is 0 Å². The van der Waals surface area contributed by atoms with Gasteiger partial charge in [-0.25, -0.2) is 0 Å². The van der Waals surface area contributed by atoms with Crippen LogP contribution in [0.25, 0.3) is 10.9 Å². The molecule has 3 rings (SSSR count). The van der Waals surface area contributed by atoms with Gasteiger partial charge in [-0.15, -0.1) is 0 Å². The quantitative estimate of drug-likeness (QED) is 0.328. The number of aldehydes is 1. The van der Waals surface area contributed by atoms with E-state index in [0.29, 0.717) is 41.5 Å². The number of hydrogen-bond donors (Lipinski definition) is 4. The molecule has 2 aromatic rings. The third kappa shape index (κ3) is 5.98. The summed E-state index contributed by atoms with van der Waals surface area (Å²) in [6, 6.07) is 5.97. The summed E-state index contributed by atoms with van der Waals surface area (Å²) in [7, 11) is -1.76. The summed E-state index contributed by atoms with van der Waals surface area (Å²) in [5.41, 5.74) is 0.956. The number of benzene rings is 1. The van der Waals surface area contributed by atoms with Crippen molar-refractivity contribution in [1.29, 1.82) is 0 Å². The van der Waals surface area contributed by atoms with E-state index in [2.05, 4.69) is 40.6 Å². The molecular weight excluding hydrogens is 448 g/mol. The number of carbonyl (C=O) groups is 4. The van der Waals surface area contributed by atoms with Gasteiger partial charge < -0.3 is 25.7 Å². The Hall–Kier alpha value is -2.65. The van der Waals surface area contributed by atoms with Crippen molar-refractivity contribution < 1.29 is 19.2 Å². The van der Waals surface area contributed by atoms with E-state index >= 15 is 0 Å². The first-order valence-electron chi connectivity index (χ1n) is 10.7. The molecule has 0 radical (unpaired) electrons. The molecule has 32 heavy (non-hydrogen) atoms. The van der Waals surface area contributed by atoms with Gasteiger partial charge in [0.1, 0.15) is 18.0 Å². The lowest BCUT2D eigenvalue weighted by Gasteiger charge is -2.26. The van der Waals surface area contributed by atoms with Crippen LogP contribution in [0.3, 0.4) is 0 Å². The number of carbonyl (C=O) groups excluding carboxylic acids is 4. The average Bonchev–Trinajstić information content (AvgIpc) is 3.33. The fourth-order valence-electron chi connectivity index (χ4n) is 3.91. The summed E-state index contributed by atoms with van der Waals surface area (Å²) in [5.74, 6) is -1.25. The maximum atomic E-state index is 13.0. The van der Waals surface area contributed by atoms with Gasteiger partial charge in [0.15, 0.2) is 0 Å². The van der Waals surface area contributed by atoms with Gasteiger partial charge >= 0.3 is 0 Å². The van der Waals surface area contributed by atoms with Crippen molar-refractivity contribution in [2.75, 3.05) is 6.54 Å². The minimum atomic E-state index is -1.76. The molecule has 1 aromatic carbocycles. The average molecular weight is 477 g/mol. The van der Waals surface area contributed by atoms with Crippen molar-refractivity contribution in [3.05, 3.63) is 35.0 Å². The summed E-state index contributed by atoms with van der Waals surface area (Å²) in [6.45, 7) is 6.87. The van der Waals surface area contributed by atoms with Gasteiger partial charge in [0.2, 0.25) is 11.8 Å². The molecule has 0 saturated carbocycles. The fourth-order valence-corrected chi connectivity index (χ4v) is 5.65. The van der Waals surface area contributed by atoms with Crippen molar-refractivity contribution in [1.82, 2.24) is 20.9 Å². The standard InChI is InChI=1S/C22H29ClN4O4Si/c1-32(2,3)12-18(22(31)25-15(11-28)9-14-7-8-24-20(14)29)27-21(30)17-10-13-5-4-6-16(23)19(13)26-17/h4-6,10-11,14-15,18,26H,7-9,12H2,1-3H3,(H,24,29)(H,25,31)(H,27,30)/t14?,15-,18-/m0/s1. The van der Waals surface area contributed by atoms with Crippen molar-refractivity contribution in [3.8, 4) is 0 Å². The summed E-state index contributed by atoms with van der Waals surface area (Å²) in [4.78, 5) is 52.4. The number of halogens is 1. The Labute approximate surface area is 192 Å². The van der Waals surface area contributed by atoms with Gasteiger partial charge in [-0.2, -0.15) is 0 Å². The third-order valence-corrected chi connectivity index (χ3v) is 7.43. The van der Waals surface area contributed by atoms with Gasteiger partial charge in [0.25, 0.3) is 5.91 Å². The predicted octanol–water partition coefficient (Wildman–Crippen LogP) is 2.47. The first kappa shape index (κ1) is 24.0. The smallest absolute Gasteiger partial charge is 0.268 e. The maximum Gasteiger partial charge on any atom is 0.268 e. The summed E-state index contributed by atoms with van der Waals surface area (Å²) in [6.07, 6.45) is 1.53. The molecule has 1 aromatic heterocycles. The molecule has 2 heterocycles. The van der Waals surface area contributed by atoms with E-state index < -0.39 is 32.0 Å². The maximum absolute atomic E-state index is 13.0. The highest BCUT2D eigenvalue weighted by atomic mass is 35.5. The van der Waals surface area contributed by atoms with E-state index in [9.17, 15) is 19.2 Å². The molecule has 172 valence electrons. The van der Waals surface area contributed by atoms with E-state index in [1.54, 1.807) is 18.2 Å². The monoisotopic (exact) mass is 476 g/mol. The van der Waals surface area contributed by atoms with Gasteiger partial charge in [-0.3, -0.25) is 14.4 Å². The fraction of sp³-hybridized carbons (Fsp3) is 0.455. The zero-order valence-electron chi connectivity index (χ0n) is 18.5. The van der Waals surface area contributed by atoms with Crippen LogP contribution in [0.1, 0.15) is 23.3 Å². The zero-order valence-corrected chi connectivity index (χ0v) is 20.2. The molecule has 1 fully saturated rings. The number of amides is 3. The van der Waals surface area contributed by atoms with Crippen molar-refractivity contribution in [2.24, 2.45) is 5.92 Å². The predicted molar refractivity (Wildman–Crippen MR) is 126 cm³/mol. The highest BCUT2D eigenvalue weighted by Crippen LogP contribution is 2.23. The van der Waals surface area contributed by atoms with E-state index in [1.807, 2.05) is 6.07 Å². The van der Waals surface area contributed by atoms with Gasteiger partial charge in [-0.05, 0) is 31.0 Å². The van der Waals surface area contributed by atoms with Gasteiger partial charge in [-0.1, -0.05) is 43.4 Å². The molecule has 1 unspecified atom stereocenters. The number of hydrogen-bond acceptors (Lipinski definition) is 4. The second-order valence-electron chi connectivity index (χ2n) is 9.44. The Kier molecular flexibility index (Phi) is 7.40. The topological polar surface area (TPSA) is 120 Å². The van der Waals surface area contributed by atoms with Crippen LogP contribution >= 0.6 is 11.6 Å². The molecule has 1 aliphatic heterocycles.